The highest BCUT2D eigenvalue weighted by atomic mass is 127. The Morgan fingerprint density at radius 2 is 1.55 bits per heavy atom. The van der Waals surface area contributed by atoms with Crippen LogP contribution in [0.25, 0.3) is 0 Å². The van der Waals surface area contributed by atoms with Gasteiger partial charge in [0.1, 0.15) is 0 Å². The van der Waals surface area contributed by atoms with Crippen molar-refractivity contribution < 1.29 is 0 Å². The van der Waals surface area contributed by atoms with Gasteiger partial charge in [0.2, 0.25) is 0 Å². The van der Waals surface area contributed by atoms with Crippen LogP contribution in [0.5, 0.6) is 0 Å². The first-order valence-corrected chi connectivity index (χ1v) is 7.44. The van der Waals surface area contributed by atoms with E-state index < -0.39 is 0 Å². The number of nitrogens with one attached hydrogen (secondary N) is 1. The Kier molecular flexibility index (Phi) is 6.24. The van der Waals surface area contributed by atoms with E-state index in [0.717, 1.165) is 25.6 Å². The van der Waals surface area contributed by atoms with E-state index in [1.165, 1.54) is 11.1 Å². The second-order valence-corrected chi connectivity index (χ2v) is 5.38. The Balaban J connectivity index is 0.00000176. The monoisotopic (exact) mass is 407 g/mol. The lowest BCUT2D eigenvalue weighted by Gasteiger charge is -2.22. The van der Waals surface area contributed by atoms with Gasteiger partial charge in [-0.05, 0) is 11.1 Å². The van der Waals surface area contributed by atoms with E-state index in [9.17, 15) is 0 Å². The number of hydrogen-bond acceptors (Lipinski definition) is 3. The first kappa shape index (κ1) is 16.8. The lowest BCUT2D eigenvalue weighted by atomic mass is 9.91. The van der Waals surface area contributed by atoms with Crippen LogP contribution in [0.3, 0.4) is 0 Å². The predicted molar refractivity (Wildman–Crippen MR) is 103 cm³/mol. The van der Waals surface area contributed by atoms with Crippen molar-refractivity contribution in [3.63, 3.8) is 0 Å². The van der Waals surface area contributed by atoms with E-state index in [0.29, 0.717) is 5.92 Å². The maximum atomic E-state index is 4.51. The van der Waals surface area contributed by atoms with Crippen molar-refractivity contribution in [1.82, 2.24) is 10.2 Å². The van der Waals surface area contributed by atoms with Crippen LogP contribution in [-0.4, -0.2) is 37.5 Å². The summed E-state index contributed by atoms with van der Waals surface area (Å²) in [4.78, 5) is 6.68. The van der Waals surface area contributed by atoms with Crippen LogP contribution in [0.2, 0.25) is 0 Å². The summed E-state index contributed by atoms with van der Waals surface area (Å²) in [5.74, 6) is 1.34. The van der Waals surface area contributed by atoms with Gasteiger partial charge in [-0.15, -0.1) is 24.0 Å². The summed E-state index contributed by atoms with van der Waals surface area (Å²) in [6, 6.07) is 21.3. The highest BCUT2D eigenvalue weighted by molar-refractivity contribution is 14.0. The molecule has 0 atom stereocenters. The topological polar surface area (TPSA) is 27.6 Å². The Labute approximate surface area is 149 Å². The van der Waals surface area contributed by atoms with Crippen LogP contribution in [0, 0.1) is 0 Å². The minimum Gasteiger partial charge on any atom is -0.355 e. The Morgan fingerprint density at radius 3 is 2.00 bits per heavy atom. The van der Waals surface area contributed by atoms with Crippen molar-refractivity contribution in [2.24, 2.45) is 4.99 Å². The number of likely N-dealkylation sites (N-methyl/N-ethyl adjacent to an activating group) is 1. The van der Waals surface area contributed by atoms with Crippen LogP contribution < -0.4 is 5.32 Å². The maximum Gasteiger partial charge on any atom is 0.193 e. The average Bonchev–Trinajstić information content (AvgIpc) is 2.95. The van der Waals surface area contributed by atoms with Crippen molar-refractivity contribution in [3.8, 4) is 0 Å². The van der Waals surface area contributed by atoms with E-state index in [4.69, 9.17) is 0 Å². The summed E-state index contributed by atoms with van der Waals surface area (Å²) < 4.78 is 0. The summed E-state index contributed by atoms with van der Waals surface area (Å²) in [7, 11) is 2.08. The van der Waals surface area contributed by atoms with Gasteiger partial charge in [0.15, 0.2) is 5.96 Å². The molecule has 1 aliphatic heterocycles. The molecule has 0 aliphatic carbocycles. The molecule has 0 unspecified atom stereocenters. The molecule has 3 nitrogen and oxygen atoms in total. The molecule has 2 aromatic carbocycles. The zero-order valence-corrected chi connectivity index (χ0v) is 15.1. The molecule has 0 saturated carbocycles. The molecular formula is C18H22IN3. The fourth-order valence-corrected chi connectivity index (χ4v) is 2.72. The van der Waals surface area contributed by atoms with Crippen LogP contribution in [0.1, 0.15) is 17.0 Å². The fraction of sp³-hybridized carbons (Fsp3) is 0.278. The summed E-state index contributed by atoms with van der Waals surface area (Å²) in [5, 5.41) is 3.50. The zero-order chi connectivity index (χ0) is 14.5. The summed E-state index contributed by atoms with van der Waals surface area (Å²) in [6.07, 6.45) is 0. The zero-order valence-electron chi connectivity index (χ0n) is 12.8. The van der Waals surface area contributed by atoms with E-state index in [2.05, 4.69) is 82.9 Å². The Hall–Kier alpha value is -1.56. The third-order valence-corrected chi connectivity index (χ3v) is 3.93. The molecule has 22 heavy (non-hydrogen) atoms. The number of rotatable bonds is 4. The standard InChI is InChI=1S/C18H21N3.HI/c1-21-13-12-19-18(21)20-14-17(15-8-4-2-5-9-15)16-10-6-3-7-11-16;/h2-11,17H,12-14H2,1H3,(H,19,20);1H. The van der Waals surface area contributed by atoms with E-state index in [-0.39, 0.29) is 24.0 Å². The SMILES string of the molecule is CN1CCN=C1NCC(c1ccccc1)c1ccccc1.I. The third-order valence-electron chi connectivity index (χ3n) is 3.93. The molecule has 3 rings (SSSR count). The summed E-state index contributed by atoms with van der Waals surface area (Å²) in [5.41, 5.74) is 2.66. The number of guanidine groups is 1. The van der Waals surface area contributed by atoms with Gasteiger partial charge >= 0.3 is 0 Å². The van der Waals surface area contributed by atoms with Gasteiger partial charge in [0, 0.05) is 26.1 Å². The van der Waals surface area contributed by atoms with Gasteiger partial charge in [-0.2, -0.15) is 0 Å². The number of hydrogen-bond donors (Lipinski definition) is 1. The fourth-order valence-electron chi connectivity index (χ4n) is 2.72. The molecule has 0 aromatic heterocycles. The smallest absolute Gasteiger partial charge is 0.193 e. The normalized spacial score (nSPS) is 13.7. The highest BCUT2D eigenvalue weighted by Crippen LogP contribution is 2.23. The molecule has 0 amide bonds. The first-order valence-electron chi connectivity index (χ1n) is 7.44. The van der Waals surface area contributed by atoms with Crippen molar-refractivity contribution in [1.29, 1.82) is 0 Å². The number of aliphatic imine (C=N–C) groups is 1. The molecule has 1 heterocycles. The minimum atomic E-state index is 0. The van der Waals surface area contributed by atoms with Crippen molar-refractivity contribution >= 4 is 29.9 Å². The van der Waals surface area contributed by atoms with Gasteiger partial charge < -0.3 is 10.2 Å². The Bertz CT molecular complexity index is 559. The molecule has 0 spiro atoms. The first-order chi connectivity index (χ1) is 10.3. The average molecular weight is 407 g/mol. The minimum absolute atomic E-state index is 0. The second-order valence-electron chi connectivity index (χ2n) is 5.38. The van der Waals surface area contributed by atoms with Gasteiger partial charge in [-0.25, -0.2) is 0 Å². The molecule has 0 bridgehead atoms. The van der Waals surface area contributed by atoms with Gasteiger partial charge in [0.25, 0.3) is 0 Å². The van der Waals surface area contributed by atoms with Crippen molar-refractivity contribution in [3.05, 3.63) is 71.8 Å². The summed E-state index contributed by atoms with van der Waals surface area (Å²) >= 11 is 0. The largest absolute Gasteiger partial charge is 0.355 e. The lowest BCUT2D eigenvalue weighted by molar-refractivity contribution is 0.531. The lowest BCUT2D eigenvalue weighted by Crippen LogP contribution is -2.38. The van der Waals surface area contributed by atoms with Crippen molar-refractivity contribution in [2.75, 3.05) is 26.7 Å². The molecule has 0 fully saturated rings. The number of halogens is 1. The van der Waals surface area contributed by atoms with Crippen LogP contribution in [0.4, 0.5) is 0 Å². The quantitative estimate of drug-likeness (QED) is 0.788. The molecule has 1 aliphatic rings. The Morgan fingerprint density at radius 1 is 1.00 bits per heavy atom. The van der Waals surface area contributed by atoms with Crippen LogP contribution in [0.15, 0.2) is 65.7 Å². The molecule has 0 saturated heterocycles. The van der Waals surface area contributed by atoms with Crippen LogP contribution >= 0.6 is 24.0 Å². The van der Waals surface area contributed by atoms with E-state index in [1.807, 2.05) is 0 Å². The van der Waals surface area contributed by atoms with Gasteiger partial charge in [0.05, 0.1) is 6.54 Å². The molecule has 1 N–H and O–H groups in total. The number of nitrogens with zero attached hydrogens (tertiary/aromatic N) is 2. The van der Waals surface area contributed by atoms with Crippen molar-refractivity contribution in [2.45, 2.75) is 5.92 Å². The molecule has 116 valence electrons. The summed E-state index contributed by atoms with van der Waals surface area (Å²) in [6.45, 7) is 2.75. The van der Waals surface area contributed by atoms with Crippen LogP contribution in [-0.2, 0) is 0 Å². The molecule has 0 radical (unpaired) electrons. The molecule has 4 heteroatoms. The van der Waals surface area contributed by atoms with E-state index in [1.54, 1.807) is 0 Å². The second kappa shape index (κ2) is 8.17. The van der Waals surface area contributed by atoms with Gasteiger partial charge in [-0.1, -0.05) is 60.7 Å². The van der Waals surface area contributed by atoms with Gasteiger partial charge in [-0.3, -0.25) is 4.99 Å². The third kappa shape index (κ3) is 4.00. The maximum absolute atomic E-state index is 4.51. The molecular weight excluding hydrogens is 385 g/mol. The number of benzene rings is 2. The predicted octanol–water partition coefficient (Wildman–Crippen LogP) is 3.33. The van der Waals surface area contributed by atoms with E-state index >= 15 is 0 Å². The molecule has 2 aromatic rings. The highest BCUT2D eigenvalue weighted by Gasteiger charge is 2.17.